The third kappa shape index (κ3) is 4.77. The fourth-order valence-corrected chi connectivity index (χ4v) is 3.37. The third-order valence-corrected chi connectivity index (χ3v) is 4.77. The number of ether oxygens (including phenoxy) is 2. The fraction of sp³-hybridized carbons (Fsp3) is 0.381. The zero-order valence-corrected chi connectivity index (χ0v) is 15.5. The van der Waals surface area contributed by atoms with E-state index in [-0.39, 0.29) is 18.1 Å². The van der Waals surface area contributed by atoms with Crippen LogP contribution in [0.3, 0.4) is 0 Å². The fourth-order valence-electron chi connectivity index (χ4n) is 3.37. The molecular formula is C21H22F3NO3. The molecule has 1 aliphatic rings. The Kier molecular flexibility index (Phi) is 6.11. The molecule has 2 aromatic carbocycles. The number of piperidine rings is 1. The second kappa shape index (κ2) is 8.54. The summed E-state index contributed by atoms with van der Waals surface area (Å²) >= 11 is 0. The molecule has 2 aromatic rings. The normalized spacial score (nSPS) is 19.9. The zero-order chi connectivity index (χ0) is 20.1. The minimum absolute atomic E-state index is 0.110. The van der Waals surface area contributed by atoms with Crippen LogP contribution in [0.4, 0.5) is 18.0 Å². The van der Waals surface area contributed by atoms with Crippen LogP contribution in [0.1, 0.15) is 30.4 Å². The van der Waals surface area contributed by atoms with E-state index in [1.807, 2.05) is 30.3 Å². The van der Waals surface area contributed by atoms with Crippen LogP contribution in [-0.4, -0.2) is 36.8 Å². The van der Waals surface area contributed by atoms with Crippen molar-refractivity contribution in [2.75, 3.05) is 19.7 Å². The summed E-state index contributed by atoms with van der Waals surface area (Å²) in [6.07, 6.45) is -4.45. The Morgan fingerprint density at radius 3 is 2.39 bits per heavy atom. The standard InChI is InChI=1S/C21H22F3NO3/c1-2-27-20(26)25-13-12-19(18(14-25)15-6-4-3-5-7-15)28-17-10-8-16(9-11-17)21(22,23)24/h3-11,18-19H,2,12-14H2,1H3. The highest BCUT2D eigenvalue weighted by Crippen LogP contribution is 2.33. The summed E-state index contributed by atoms with van der Waals surface area (Å²) in [5, 5.41) is 0. The van der Waals surface area contributed by atoms with Crippen LogP contribution in [0, 0.1) is 0 Å². The smallest absolute Gasteiger partial charge is 0.416 e. The van der Waals surface area contributed by atoms with Crippen LogP contribution >= 0.6 is 0 Å². The average molecular weight is 393 g/mol. The van der Waals surface area contributed by atoms with Crippen molar-refractivity contribution in [3.63, 3.8) is 0 Å². The van der Waals surface area contributed by atoms with Crippen LogP contribution in [-0.2, 0) is 10.9 Å². The molecule has 0 radical (unpaired) electrons. The minimum Gasteiger partial charge on any atom is -0.490 e. The largest absolute Gasteiger partial charge is 0.490 e. The summed E-state index contributed by atoms with van der Waals surface area (Å²) in [5.41, 5.74) is 0.296. The molecule has 0 bridgehead atoms. The lowest BCUT2D eigenvalue weighted by atomic mass is 9.88. The molecule has 2 atom stereocenters. The highest BCUT2D eigenvalue weighted by atomic mass is 19.4. The first kappa shape index (κ1) is 20.0. The van der Waals surface area contributed by atoms with Crippen molar-refractivity contribution in [1.29, 1.82) is 0 Å². The van der Waals surface area contributed by atoms with Gasteiger partial charge in [-0.1, -0.05) is 30.3 Å². The molecular weight excluding hydrogens is 371 g/mol. The Labute approximate surface area is 161 Å². The van der Waals surface area contributed by atoms with Gasteiger partial charge in [0, 0.05) is 25.4 Å². The van der Waals surface area contributed by atoms with Gasteiger partial charge < -0.3 is 14.4 Å². The number of carbonyl (C=O) groups is 1. The maximum Gasteiger partial charge on any atom is 0.416 e. The zero-order valence-electron chi connectivity index (χ0n) is 15.5. The molecule has 150 valence electrons. The first-order valence-corrected chi connectivity index (χ1v) is 9.19. The van der Waals surface area contributed by atoms with E-state index >= 15 is 0 Å². The van der Waals surface area contributed by atoms with Crippen molar-refractivity contribution in [2.24, 2.45) is 0 Å². The van der Waals surface area contributed by atoms with Crippen molar-refractivity contribution >= 4 is 6.09 Å². The minimum atomic E-state index is -4.38. The number of alkyl halides is 3. The molecule has 1 saturated heterocycles. The SMILES string of the molecule is CCOC(=O)N1CCC(Oc2ccc(C(F)(F)F)cc2)C(c2ccccc2)C1. The Bertz CT molecular complexity index is 778. The van der Waals surface area contributed by atoms with Gasteiger partial charge in [0.2, 0.25) is 0 Å². The summed E-state index contributed by atoms with van der Waals surface area (Å²) in [4.78, 5) is 13.8. The van der Waals surface area contributed by atoms with E-state index < -0.39 is 11.7 Å². The lowest BCUT2D eigenvalue weighted by molar-refractivity contribution is -0.137. The summed E-state index contributed by atoms with van der Waals surface area (Å²) in [5.74, 6) is 0.269. The van der Waals surface area contributed by atoms with Gasteiger partial charge in [0.1, 0.15) is 11.9 Å². The Morgan fingerprint density at radius 2 is 1.79 bits per heavy atom. The van der Waals surface area contributed by atoms with E-state index in [0.717, 1.165) is 17.7 Å². The number of likely N-dealkylation sites (tertiary alicyclic amines) is 1. The number of nitrogens with zero attached hydrogens (tertiary/aromatic N) is 1. The second-order valence-electron chi connectivity index (χ2n) is 6.63. The number of rotatable bonds is 4. The van der Waals surface area contributed by atoms with Gasteiger partial charge in [0.15, 0.2) is 0 Å². The van der Waals surface area contributed by atoms with Crippen LogP contribution in [0.2, 0.25) is 0 Å². The highest BCUT2D eigenvalue weighted by molar-refractivity contribution is 5.68. The van der Waals surface area contributed by atoms with Gasteiger partial charge in [-0.05, 0) is 36.8 Å². The topological polar surface area (TPSA) is 38.8 Å². The number of hydrogen-bond donors (Lipinski definition) is 0. The highest BCUT2D eigenvalue weighted by Gasteiger charge is 2.35. The molecule has 1 aliphatic heterocycles. The van der Waals surface area contributed by atoms with Gasteiger partial charge in [-0.3, -0.25) is 0 Å². The molecule has 0 N–H and O–H groups in total. The number of carbonyl (C=O) groups excluding carboxylic acids is 1. The van der Waals surface area contributed by atoms with Gasteiger partial charge in [-0.2, -0.15) is 13.2 Å². The van der Waals surface area contributed by atoms with Crippen LogP contribution in [0.25, 0.3) is 0 Å². The lowest BCUT2D eigenvalue weighted by Crippen LogP contribution is -2.47. The van der Waals surface area contributed by atoms with Crippen molar-refractivity contribution in [2.45, 2.75) is 31.5 Å². The summed E-state index contributed by atoms with van der Waals surface area (Å²) in [7, 11) is 0. The maximum absolute atomic E-state index is 12.8. The van der Waals surface area contributed by atoms with Crippen LogP contribution < -0.4 is 4.74 Å². The molecule has 0 saturated carbocycles. The molecule has 1 fully saturated rings. The number of hydrogen-bond acceptors (Lipinski definition) is 3. The molecule has 0 aliphatic carbocycles. The quantitative estimate of drug-likeness (QED) is 0.726. The molecule has 28 heavy (non-hydrogen) atoms. The first-order valence-electron chi connectivity index (χ1n) is 9.19. The molecule has 7 heteroatoms. The van der Waals surface area contributed by atoms with E-state index in [2.05, 4.69) is 0 Å². The monoisotopic (exact) mass is 393 g/mol. The van der Waals surface area contributed by atoms with Gasteiger partial charge in [0.25, 0.3) is 0 Å². The number of halogens is 3. The predicted octanol–water partition coefficient (Wildman–Crippen LogP) is 5.10. The number of amides is 1. The Morgan fingerprint density at radius 1 is 1.11 bits per heavy atom. The van der Waals surface area contributed by atoms with Gasteiger partial charge in [-0.15, -0.1) is 0 Å². The molecule has 3 rings (SSSR count). The second-order valence-corrected chi connectivity index (χ2v) is 6.63. The summed E-state index contributed by atoms with van der Waals surface area (Å²) in [6, 6.07) is 14.3. The van der Waals surface area contributed by atoms with Gasteiger partial charge >= 0.3 is 12.3 Å². The Balaban J connectivity index is 1.77. The molecule has 1 heterocycles. The van der Waals surface area contributed by atoms with E-state index in [1.165, 1.54) is 12.1 Å². The van der Waals surface area contributed by atoms with Crippen LogP contribution in [0.5, 0.6) is 5.75 Å². The van der Waals surface area contributed by atoms with E-state index in [4.69, 9.17) is 9.47 Å². The molecule has 0 aromatic heterocycles. The third-order valence-electron chi connectivity index (χ3n) is 4.77. The summed E-state index contributed by atoms with van der Waals surface area (Å²) < 4.78 is 49.4. The van der Waals surface area contributed by atoms with Crippen molar-refractivity contribution < 1.29 is 27.4 Å². The number of benzene rings is 2. The van der Waals surface area contributed by atoms with E-state index in [0.29, 0.717) is 31.9 Å². The van der Waals surface area contributed by atoms with Crippen molar-refractivity contribution in [3.8, 4) is 5.75 Å². The molecule has 0 spiro atoms. The molecule has 1 amide bonds. The van der Waals surface area contributed by atoms with Gasteiger partial charge in [0.05, 0.1) is 12.2 Å². The molecule has 2 unspecified atom stereocenters. The predicted molar refractivity (Wildman–Crippen MR) is 98.3 cm³/mol. The van der Waals surface area contributed by atoms with Crippen LogP contribution in [0.15, 0.2) is 54.6 Å². The first-order chi connectivity index (χ1) is 13.4. The van der Waals surface area contributed by atoms with Crippen molar-refractivity contribution in [3.05, 3.63) is 65.7 Å². The van der Waals surface area contributed by atoms with Crippen molar-refractivity contribution in [1.82, 2.24) is 4.90 Å². The average Bonchev–Trinajstić information content (AvgIpc) is 2.69. The van der Waals surface area contributed by atoms with Gasteiger partial charge in [-0.25, -0.2) is 4.79 Å². The van der Waals surface area contributed by atoms with E-state index in [9.17, 15) is 18.0 Å². The summed E-state index contributed by atoms with van der Waals surface area (Å²) in [6.45, 7) is 2.95. The maximum atomic E-state index is 12.8. The molecule has 4 nitrogen and oxygen atoms in total. The Hall–Kier alpha value is -2.70. The van der Waals surface area contributed by atoms with E-state index in [1.54, 1.807) is 11.8 Å². The lowest BCUT2D eigenvalue weighted by Gasteiger charge is -2.38.